The van der Waals surface area contributed by atoms with E-state index in [-0.39, 0.29) is 24.0 Å². The van der Waals surface area contributed by atoms with Crippen molar-refractivity contribution in [2.75, 3.05) is 38.7 Å². The Labute approximate surface area is 194 Å². The molecule has 2 N–H and O–H groups in total. The number of furan rings is 1. The number of methoxy groups -OCH3 is 1. The fourth-order valence-corrected chi connectivity index (χ4v) is 3.84. The van der Waals surface area contributed by atoms with Crippen molar-refractivity contribution in [3.05, 3.63) is 60.4 Å². The van der Waals surface area contributed by atoms with Crippen molar-refractivity contribution in [3.63, 3.8) is 0 Å². The average Bonchev–Trinajstić information content (AvgIpc) is 3.39. The summed E-state index contributed by atoms with van der Waals surface area (Å²) in [6.45, 7) is 2.68. The molecule has 7 heteroatoms. The average molecular weight is 520 g/mol. The molecule has 2 heterocycles. The number of benzene rings is 2. The van der Waals surface area contributed by atoms with E-state index >= 15 is 0 Å². The second kappa shape index (κ2) is 10.6. The molecule has 30 heavy (non-hydrogen) atoms. The van der Waals surface area contributed by atoms with Gasteiger partial charge >= 0.3 is 0 Å². The Hall–Kier alpha value is -2.42. The Morgan fingerprint density at radius 1 is 1.20 bits per heavy atom. The van der Waals surface area contributed by atoms with Gasteiger partial charge in [-0.3, -0.25) is 4.99 Å². The highest BCUT2D eigenvalue weighted by molar-refractivity contribution is 14.0. The Bertz CT molecular complexity index is 955. The molecule has 0 radical (unpaired) electrons. The standard InChI is InChI=1S/C23H28N4O2.HI/c1-24-23(25-13-11-19-15-17-7-3-5-9-21(17)29-19)26-18-12-14-27(16-18)20-8-4-6-10-22(20)28-2;/h3-10,15,18H,11-14,16H2,1-2H3,(H2,24,25,26);1H. The number of nitrogens with one attached hydrogen (secondary N) is 2. The van der Waals surface area contributed by atoms with Gasteiger partial charge in [0.25, 0.3) is 0 Å². The Morgan fingerprint density at radius 2 is 2.00 bits per heavy atom. The van der Waals surface area contributed by atoms with Crippen LogP contribution >= 0.6 is 24.0 Å². The molecule has 0 aliphatic carbocycles. The van der Waals surface area contributed by atoms with Gasteiger partial charge in [0.15, 0.2) is 5.96 Å². The maximum absolute atomic E-state index is 5.88. The van der Waals surface area contributed by atoms with Crippen LogP contribution in [0, 0.1) is 0 Å². The number of hydrogen-bond donors (Lipinski definition) is 2. The number of fused-ring (bicyclic) bond motifs is 1. The van der Waals surface area contributed by atoms with Crippen LogP contribution in [0.15, 0.2) is 64.0 Å². The number of halogens is 1. The molecule has 1 saturated heterocycles. The van der Waals surface area contributed by atoms with Gasteiger partial charge in [0, 0.05) is 44.5 Å². The van der Waals surface area contributed by atoms with Gasteiger partial charge in [-0.15, -0.1) is 24.0 Å². The van der Waals surface area contributed by atoms with E-state index in [1.54, 1.807) is 7.11 Å². The first-order chi connectivity index (χ1) is 14.3. The van der Waals surface area contributed by atoms with Crippen molar-refractivity contribution in [3.8, 4) is 5.75 Å². The SMILES string of the molecule is CN=C(NCCc1cc2ccccc2o1)NC1CCN(c2ccccc2OC)C1.I. The van der Waals surface area contributed by atoms with Crippen molar-refractivity contribution in [2.24, 2.45) is 4.99 Å². The van der Waals surface area contributed by atoms with Crippen LogP contribution in [0.5, 0.6) is 5.75 Å². The highest BCUT2D eigenvalue weighted by Crippen LogP contribution is 2.30. The van der Waals surface area contributed by atoms with Crippen molar-refractivity contribution in [1.82, 2.24) is 10.6 Å². The van der Waals surface area contributed by atoms with Crippen LogP contribution in [0.1, 0.15) is 12.2 Å². The molecule has 1 aromatic heterocycles. The maximum atomic E-state index is 5.88. The molecule has 4 rings (SSSR count). The first-order valence-corrected chi connectivity index (χ1v) is 10.1. The van der Waals surface area contributed by atoms with Gasteiger partial charge in [0.2, 0.25) is 0 Å². The van der Waals surface area contributed by atoms with Gasteiger partial charge < -0.3 is 24.7 Å². The molecule has 1 atom stereocenters. The fraction of sp³-hybridized carbons (Fsp3) is 0.348. The number of ether oxygens (including phenoxy) is 1. The van der Waals surface area contributed by atoms with Gasteiger partial charge in [-0.05, 0) is 30.7 Å². The fourth-order valence-electron chi connectivity index (χ4n) is 3.84. The number of aliphatic imine (C=N–C) groups is 1. The lowest BCUT2D eigenvalue weighted by Crippen LogP contribution is -2.45. The summed E-state index contributed by atoms with van der Waals surface area (Å²) in [7, 11) is 3.53. The van der Waals surface area contributed by atoms with Crippen molar-refractivity contribution in [1.29, 1.82) is 0 Å². The lowest BCUT2D eigenvalue weighted by Gasteiger charge is -2.22. The topological polar surface area (TPSA) is 62.0 Å². The van der Waals surface area contributed by atoms with E-state index in [0.717, 1.165) is 66.6 Å². The van der Waals surface area contributed by atoms with E-state index < -0.39 is 0 Å². The van der Waals surface area contributed by atoms with Crippen LogP contribution in [-0.4, -0.2) is 45.8 Å². The van der Waals surface area contributed by atoms with Gasteiger partial charge in [0.05, 0.1) is 12.8 Å². The molecule has 0 saturated carbocycles. The van der Waals surface area contributed by atoms with Crippen LogP contribution in [0.3, 0.4) is 0 Å². The zero-order valence-corrected chi connectivity index (χ0v) is 19.8. The normalized spacial score (nSPS) is 16.4. The third kappa shape index (κ3) is 5.19. The van der Waals surface area contributed by atoms with Crippen LogP contribution in [0.4, 0.5) is 5.69 Å². The smallest absolute Gasteiger partial charge is 0.191 e. The highest BCUT2D eigenvalue weighted by Gasteiger charge is 2.25. The largest absolute Gasteiger partial charge is 0.495 e. The van der Waals surface area contributed by atoms with Crippen LogP contribution in [-0.2, 0) is 6.42 Å². The number of hydrogen-bond acceptors (Lipinski definition) is 4. The van der Waals surface area contributed by atoms with Crippen molar-refractivity contribution >= 4 is 46.6 Å². The molecule has 2 aromatic carbocycles. The zero-order chi connectivity index (χ0) is 20.1. The minimum Gasteiger partial charge on any atom is -0.495 e. The third-order valence-electron chi connectivity index (χ3n) is 5.32. The molecule has 1 aliphatic rings. The lowest BCUT2D eigenvalue weighted by atomic mass is 10.2. The monoisotopic (exact) mass is 520 g/mol. The number of guanidine groups is 1. The summed E-state index contributed by atoms with van der Waals surface area (Å²) in [5.41, 5.74) is 2.08. The first kappa shape index (κ1) is 22.3. The minimum atomic E-state index is 0. The molecule has 1 aliphatic heterocycles. The van der Waals surface area contributed by atoms with Gasteiger partial charge in [0.1, 0.15) is 17.1 Å². The van der Waals surface area contributed by atoms with Crippen LogP contribution in [0.2, 0.25) is 0 Å². The van der Waals surface area contributed by atoms with E-state index in [2.05, 4.69) is 44.8 Å². The zero-order valence-electron chi connectivity index (χ0n) is 17.4. The van der Waals surface area contributed by atoms with Gasteiger partial charge in [-0.1, -0.05) is 30.3 Å². The highest BCUT2D eigenvalue weighted by atomic mass is 127. The molecule has 160 valence electrons. The summed E-state index contributed by atoms with van der Waals surface area (Å²) in [6.07, 6.45) is 1.87. The molecule has 6 nitrogen and oxygen atoms in total. The first-order valence-electron chi connectivity index (χ1n) is 10.1. The second-order valence-electron chi connectivity index (χ2n) is 7.25. The summed E-state index contributed by atoms with van der Waals surface area (Å²) in [5, 5.41) is 8.09. The quantitative estimate of drug-likeness (QED) is 0.292. The van der Waals surface area contributed by atoms with E-state index in [0.29, 0.717) is 6.04 Å². The van der Waals surface area contributed by atoms with Crippen molar-refractivity contribution < 1.29 is 9.15 Å². The van der Waals surface area contributed by atoms with Gasteiger partial charge in [-0.2, -0.15) is 0 Å². The molecule has 1 fully saturated rings. The predicted octanol–water partition coefficient (Wildman–Crippen LogP) is 4.05. The summed E-state index contributed by atoms with van der Waals surface area (Å²) < 4.78 is 11.4. The van der Waals surface area contributed by atoms with Crippen LogP contribution in [0.25, 0.3) is 11.0 Å². The number of rotatable bonds is 6. The molecular formula is C23H29IN4O2. The van der Waals surface area contributed by atoms with Gasteiger partial charge in [-0.25, -0.2) is 0 Å². The van der Waals surface area contributed by atoms with Crippen molar-refractivity contribution in [2.45, 2.75) is 18.9 Å². The van der Waals surface area contributed by atoms with E-state index in [9.17, 15) is 0 Å². The summed E-state index contributed by atoms with van der Waals surface area (Å²) in [6, 6.07) is 18.7. The molecule has 0 bridgehead atoms. The molecule has 1 unspecified atom stereocenters. The minimum absolute atomic E-state index is 0. The number of anilines is 1. The maximum Gasteiger partial charge on any atom is 0.191 e. The summed E-state index contributed by atoms with van der Waals surface area (Å²) >= 11 is 0. The lowest BCUT2D eigenvalue weighted by molar-refractivity contribution is 0.415. The second-order valence-corrected chi connectivity index (χ2v) is 7.25. The molecule has 3 aromatic rings. The molecular weight excluding hydrogens is 491 g/mol. The number of nitrogens with zero attached hydrogens (tertiary/aromatic N) is 2. The molecule has 0 spiro atoms. The van der Waals surface area contributed by atoms with E-state index in [1.807, 2.05) is 37.4 Å². The molecule has 0 amide bonds. The van der Waals surface area contributed by atoms with E-state index in [4.69, 9.17) is 9.15 Å². The predicted molar refractivity (Wildman–Crippen MR) is 133 cm³/mol. The Kier molecular flexibility index (Phi) is 7.84. The van der Waals surface area contributed by atoms with E-state index in [1.165, 1.54) is 0 Å². The third-order valence-corrected chi connectivity index (χ3v) is 5.32. The number of para-hydroxylation sites is 3. The summed E-state index contributed by atoms with van der Waals surface area (Å²) in [4.78, 5) is 6.74. The summed E-state index contributed by atoms with van der Waals surface area (Å²) in [5.74, 6) is 2.73. The van der Waals surface area contributed by atoms with Crippen LogP contribution < -0.4 is 20.3 Å². The Balaban J connectivity index is 0.00000256. The Morgan fingerprint density at radius 3 is 2.80 bits per heavy atom.